The van der Waals surface area contributed by atoms with Crippen LogP contribution in [-0.2, 0) is 6.42 Å². The fraction of sp³-hybridized carbons (Fsp3) is 0.211. The number of fused-ring (bicyclic) bond motifs is 3. The normalized spacial score (nSPS) is 18.8. The predicted molar refractivity (Wildman–Crippen MR) is 96.2 cm³/mol. The first kappa shape index (κ1) is 15.1. The number of aliphatic imine (C=N–C) groups is 1. The van der Waals surface area contributed by atoms with Gasteiger partial charge in [-0.25, -0.2) is 0 Å². The molecular weight excluding hydrogens is 320 g/mol. The molecule has 0 aliphatic carbocycles. The lowest BCUT2D eigenvalue weighted by atomic mass is 9.98. The molecule has 1 aromatic heterocycles. The first-order valence-corrected chi connectivity index (χ1v) is 8.46. The van der Waals surface area contributed by atoms with E-state index in [1.54, 1.807) is 6.33 Å². The van der Waals surface area contributed by atoms with Crippen LogP contribution in [0.5, 0.6) is 0 Å². The highest BCUT2D eigenvalue weighted by Gasteiger charge is 2.22. The van der Waals surface area contributed by atoms with Gasteiger partial charge in [0.2, 0.25) is 0 Å². The summed E-state index contributed by atoms with van der Waals surface area (Å²) in [6.07, 6.45) is 3.48. The van der Waals surface area contributed by atoms with Crippen molar-refractivity contribution in [3.05, 3.63) is 76.8 Å². The second kappa shape index (κ2) is 6.21. The van der Waals surface area contributed by atoms with Crippen LogP contribution in [0.4, 0.5) is 0 Å². The minimum absolute atomic E-state index is 0.162. The molecule has 0 amide bonds. The summed E-state index contributed by atoms with van der Waals surface area (Å²) in [5.41, 5.74) is 4.08. The van der Waals surface area contributed by atoms with Crippen LogP contribution in [0.1, 0.15) is 30.3 Å². The van der Waals surface area contributed by atoms with E-state index in [-0.39, 0.29) is 6.04 Å². The summed E-state index contributed by atoms with van der Waals surface area (Å²) in [6.45, 7) is 2.15. The lowest BCUT2D eigenvalue weighted by Crippen LogP contribution is -2.20. The Bertz CT molecular complexity index is 899. The molecule has 4 rings (SSSR count). The van der Waals surface area contributed by atoms with E-state index in [1.165, 1.54) is 0 Å². The number of halogens is 1. The van der Waals surface area contributed by atoms with Crippen molar-refractivity contribution in [2.45, 2.75) is 25.8 Å². The first-order valence-electron chi connectivity index (χ1n) is 8.08. The molecule has 3 aromatic rings. The third kappa shape index (κ3) is 2.63. The predicted octanol–water partition coefficient (Wildman–Crippen LogP) is 4.09. The molecule has 0 N–H and O–H groups in total. The largest absolute Gasteiger partial charge is 0.285 e. The summed E-state index contributed by atoms with van der Waals surface area (Å²) in [5, 5.41) is 9.09. The molecule has 120 valence electrons. The van der Waals surface area contributed by atoms with Gasteiger partial charge < -0.3 is 0 Å². The van der Waals surface area contributed by atoms with Crippen molar-refractivity contribution in [1.29, 1.82) is 0 Å². The molecule has 1 unspecified atom stereocenters. The van der Waals surface area contributed by atoms with Gasteiger partial charge in [0, 0.05) is 22.6 Å². The van der Waals surface area contributed by atoms with E-state index in [0.717, 1.165) is 41.2 Å². The smallest absolute Gasteiger partial charge is 0.139 e. The van der Waals surface area contributed by atoms with E-state index in [4.69, 9.17) is 16.6 Å². The highest BCUT2D eigenvalue weighted by Crippen LogP contribution is 2.27. The van der Waals surface area contributed by atoms with Gasteiger partial charge in [0.05, 0.1) is 17.4 Å². The lowest BCUT2D eigenvalue weighted by molar-refractivity contribution is 0.617. The number of hydrogen-bond acceptors (Lipinski definition) is 3. The zero-order valence-electron chi connectivity index (χ0n) is 13.4. The van der Waals surface area contributed by atoms with Gasteiger partial charge in [-0.1, -0.05) is 48.9 Å². The Hall–Kier alpha value is -2.46. The summed E-state index contributed by atoms with van der Waals surface area (Å²) in [7, 11) is 0. The lowest BCUT2D eigenvalue weighted by Gasteiger charge is -2.21. The van der Waals surface area contributed by atoms with Crippen molar-refractivity contribution in [2.24, 2.45) is 4.99 Å². The van der Waals surface area contributed by atoms with Gasteiger partial charge in [-0.15, -0.1) is 10.2 Å². The van der Waals surface area contributed by atoms with E-state index in [2.05, 4.69) is 29.3 Å². The second-order valence-electron chi connectivity index (χ2n) is 5.89. The van der Waals surface area contributed by atoms with Crippen LogP contribution in [0, 0.1) is 0 Å². The highest BCUT2D eigenvalue weighted by molar-refractivity contribution is 6.31. The molecular formula is C19H17ClN4. The van der Waals surface area contributed by atoms with Gasteiger partial charge >= 0.3 is 0 Å². The van der Waals surface area contributed by atoms with Crippen molar-refractivity contribution in [1.82, 2.24) is 14.8 Å². The third-order valence-corrected chi connectivity index (χ3v) is 4.58. The van der Waals surface area contributed by atoms with Crippen molar-refractivity contribution in [3.63, 3.8) is 0 Å². The Kier molecular flexibility index (Phi) is 3.90. The number of hydrogen-bond donors (Lipinski definition) is 0. The van der Waals surface area contributed by atoms with Crippen LogP contribution >= 0.6 is 11.6 Å². The Morgan fingerprint density at radius 2 is 2.00 bits per heavy atom. The van der Waals surface area contributed by atoms with Crippen LogP contribution in [0.25, 0.3) is 5.69 Å². The summed E-state index contributed by atoms with van der Waals surface area (Å²) in [5.74, 6) is 0.932. The SMILES string of the molecule is CCC1Cc2nncn2-c2ccc(Cl)cc2/C(c2ccccc2)=N\1. The fourth-order valence-electron chi connectivity index (χ4n) is 3.08. The maximum Gasteiger partial charge on any atom is 0.139 e. The van der Waals surface area contributed by atoms with Gasteiger partial charge in [0.25, 0.3) is 0 Å². The molecule has 5 heteroatoms. The van der Waals surface area contributed by atoms with Gasteiger partial charge in [-0.3, -0.25) is 9.56 Å². The number of aromatic nitrogens is 3. The quantitative estimate of drug-likeness (QED) is 0.707. The molecule has 4 nitrogen and oxygen atoms in total. The van der Waals surface area contributed by atoms with Gasteiger partial charge in [-0.05, 0) is 24.6 Å². The molecule has 0 bridgehead atoms. The van der Waals surface area contributed by atoms with Crippen molar-refractivity contribution in [3.8, 4) is 5.69 Å². The molecule has 0 saturated carbocycles. The van der Waals surface area contributed by atoms with E-state index in [0.29, 0.717) is 5.02 Å². The average Bonchev–Trinajstić information content (AvgIpc) is 3.05. The number of rotatable bonds is 2. The minimum atomic E-state index is 0.162. The summed E-state index contributed by atoms with van der Waals surface area (Å²) >= 11 is 6.30. The second-order valence-corrected chi connectivity index (χ2v) is 6.33. The van der Waals surface area contributed by atoms with Crippen molar-refractivity contribution in [2.75, 3.05) is 0 Å². The molecule has 0 fully saturated rings. The van der Waals surface area contributed by atoms with E-state index < -0.39 is 0 Å². The van der Waals surface area contributed by atoms with Crippen LogP contribution in [0.15, 0.2) is 59.9 Å². The third-order valence-electron chi connectivity index (χ3n) is 4.34. The van der Waals surface area contributed by atoms with Gasteiger partial charge in [0.1, 0.15) is 12.2 Å². The van der Waals surface area contributed by atoms with E-state index in [1.807, 2.05) is 41.0 Å². The molecule has 24 heavy (non-hydrogen) atoms. The van der Waals surface area contributed by atoms with Crippen molar-refractivity contribution >= 4 is 17.3 Å². The molecule has 0 radical (unpaired) electrons. The molecule has 2 heterocycles. The standard InChI is InChI=1S/C19H17ClN4/c1-2-15-11-18-23-21-12-24(18)17-9-8-14(20)10-16(17)19(22-15)13-6-4-3-5-7-13/h3-10,12,15H,2,11H2,1H3/b22-19-. The highest BCUT2D eigenvalue weighted by atomic mass is 35.5. The summed E-state index contributed by atoms with van der Waals surface area (Å²) in [4.78, 5) is 5.06. The maximum atomic E-state index is 6.30. The Morgan fingerprint density at radius 1 is 1.17 bits per heavy atom. The maximum absolute atomic E-state index is 6.30. The molecule has 1 aliphatic rings. The number of nitrogens with zero attached hydrogens (tertiary/aromatic N) is 4. The van der Waals surface area contributed by atoms with Crippen LogP contribution in [0.3, 0.4) is 0 Å². The molecule has 1 atom stereocenters. The average molecular weight is 337 g/mol. The topological polar surface area (TPSA) is 43.1 Å². The van der Waals surface area contributed by atoms with Gasteiger partial charge in [0.15, 0.2) is 0 Å². The van der Waals surface area contributed by atoms with E-state index in [9.17, 15) is 0 Å². The Balaban J connectivity index is 2.01. The van der Waals surface area contributed by atoms with Crippen LogP contribution in [0.2, 0.25) is 5.02 Å². The van der Waals surface area contributed by atoms with Crippen LogP contribution in [-0.4, -0.2) is 26.5 Å². The van der Waals surface area contributed by atoms with Crippen molar-refractivity contribution < 1.29 is 0 Å². The zero-order chi connectivity index (χ0) is 16.5. The molecule has 2 aromatic carbocycles. The molecule has 0 spiro atoms. The Morgan fingerprint density at radius 3 is 2.79 bits per heavy atom. The summed E-state index contributed by atoms with van der Waals surface area (Å²) in [6, 6.07) is 16.3. The van der Waals surface area contributed by atoms with Gasteiger partial charge in [-0.2, -0.15) is 0 Å². The number of benzene rings is 2. The molecule has 1 aliphatic heterocycles. The fourth-order valence-corrected chi connectivity index (χ4v) is 3.25. The first-order chi connectivity index (χ1) is 11.8. The monoisotopic (exact) mass is 336 g/mol. The minimum Gasteiger partial charge on any atom is -0.285 e. The van der Waals surface area contributed by atoms with E-state index >= 15 is 0 Å². The zero-order valence-corrected chi connectivity index (χ0v) is 14.1. The molecule has 0 saturated heterocycles. The Labute approximate surface area is 145 Å². The summed E-state index contributed by atoms with van der Waals surface area (Å²) < 4.78 is 2.05. The van der Waals surface area contributed by atoms with Crippen LogP contribution < -0.4 is 0 Å².